The van der Waals surface area contributed by atoms with Crippen LogP contribution in [-0.4, -0.2) is 37.2 Å². The molecule has 5 heteroatoms. The van der Waals surface area contributed by atoms with Crippen LogP contribution in [-0.2, 0) is 11.3 Å². The van der Waals surface area contributed by atoms with Crippen molar-refractivity contribution in [2.75, 3.05) is 20.2 Å². The zero-order valence-corrected chi connectivity index (χ0v) is 11.6. The fourth-order valence-electron chi connectivity index (χ4n) is 2.38. The summed E-state index contributed by atoms with van der Waals surface area (Å²) in [6.07, 6.45) is 2.46. The van der Waals surface area contributed by atoms with E-state index in [2.05, 4.69) is 11.0 Å². The van der Waals surface area contributed by atoms with E-state index in [1.165, 1.54) is 5.56 Å². The highest BCUT2D eigenvalue weighted by Gasteiger charge is 2.27. The third-order valence-electron chi connectivity index (χ3n) is 3.46. The molecule has 1 aromatic heterocycles. The zero-order valence-electron chi connectivity index (χ0n) is 10.1. The standard InChI is InChI=1S/C12H19ClN2OS/c1-16-11-2-4-15(10(6-11)7-14)8-9-3-5-17-12(9)13/h3,5,10-11H,2,4,6-8,14H2,1H3. The molecular weight excluding hydrogens is 256 g/mol. The third kappa shape index (κ3) is 3.20. The summed E-state index contributed by atoms with van der Waals surface area (Å²) in [6, 6.07) is 2.51. The minimum absolute atomic E-state index is 0.359. The van der Waals surface area contributed by atoms with Crippen molar-refractivity contribution in [2.24, 2.45) is 5.73 Å². The second kappa shape index (κ2) is 6.16. The quantitative estimate of drug-likeness (QED) is 0.916. The molecule has 0 spiro atoms. The molecule has 0 aliphatic carbocycles. The first kappa shape index (κ1) is 13.3. The number of thiophene rings is 1. The van der Waals surface area contributed by atoms with Crippen LogP contribution in [0.4, 0.5) is 0 Å². The van der Waals surface area contributed by atoms with Crippen LogP contribution in [0.3, 0.4) is 0 Å². The van der Waals surface area contributed by atoms with Crippen molar-refractivity contribution in [3.05, 3.63) is 21.3 Å². The summed E-state index contributed by atoms with van der Waals surface area (Å²) in [6.45, 7) is 2.62. The van der Waals surface area contributed by atoms with Crippen LogP contribution in [0.15, 0.2) is 11.4 Å². The van der Waals surface area contributed by atoms with Gasteiger partial charge in [-0.1, -0.05) is 11.6 Å². The molecule has 1 aliphatic heterocycles. The Bertz CT molecular complexity index is 358. The Morgan fingerprint density at radius 2 is 2.47 bits per heavy atom. The second-order valence-corrected chi connectivity index (χ2v) is 5.98. The second-order valence-electron chi connectivity index (χ2n) is 4.46. The largest absolute Gasteiger partial charge is 0.381 e. The Morgan fingerprint density at radius 1 is 1.65 bits per heavy atom. The van der Waals surface area contributed by atoms with Crippen LogP contribution in [0.2, 0.25) is 4.34 Å². The van der Waals surface area contributed by atoms with Crippen LogP contribution in [0.25, 0.3) is 0 Å². The molecule has 1 aliphatic rings. The molecule has 1 aromatic rings. The van der Waals surface area contributed by atoms with E-state index < -0.39 is 0 Å². The number of hydrogen-bond donors (Lipinski definition) is 1. The molecule has 96 valence electrons. The topological polar surface area (TPSA) is 38.5 Å². The molecule has 3 nitrogen and oxygen atoms in total. The van der Waals surface area contributed by atoms with E-state index in [4.69, 9.17) is 22.1 Å². The van der Waals surface area contributed by atoms with Crippen LogP contribution in [0, 0.1) is 0 Å². The molecule has 1 saturated heterocycles. The number of halogens is 1. The van der Waals surface area contributed by atoms with Gasteiger partial charge in [0.25, 0.3) is 0 Å². The van der Waals surface area contributed by atoms with E-state index in [0.717, 1.165) is 30.3 Å². The number of nitrogens with two attached hydrogens (primary N) is 1. The van der Waals surface area contributed by atoms with E-state index in [9.17, 15) is 0 Å². The SMILES string of the molecule is COC1CCN(Cc2ccsc2Cl)C(CN)C1. The fourth-order valence-corrected chi connectivity index (χ4v) is 3.29. The molecule has 2 unspecified atom stereocenters. The summed E-state index contributed by atoms with van der Waals surface area (Å²) in [4.78, 5) is 2.42. The predicted octanol–water partition coefficient (Wildman–Crippen LogP) is 2.34. The number of nitrogens with zero attached hydrogens (tertiary/aromatic N) is 1. The van der Waals surface area contributed by atoms with Crippen LogP contribution in [0.1, 0.15) is 18.4 Å². The lowest BCUT2D eigenvalue weighted by Gasteiger charge is -2.38. The van der Waals surface area contributed by atoms with Gasteiger partial charge in [-0.3, -0.25) is 4.90 Å². The van der Waals surface area contributed by atoms with Crippen molar-refractivity contribution in [1.82, 2.24) is 4.90 Å². The summed E-state index contributed by atoms with van der Waals surface area (Å²) in [5.41, 5.74) is 7.06. The van der Waals surface area contributed by atoms with E-state index in [-0.39, 0.29) is 0 Å². The highest BCUT2D eigenvalue weighted by molar-refractivity contribution is 7.14. The molecule has 2 N–H and O–H groups in total. The van der Waals surface area contributed by atoms with Gasteiger partial charge < -0.3 is 10.5 Å². The zero-order chi connectivity index (χ0) is 12.3. The van der Waals surface area contributed by atoms with Gasteiger partial charge in [0.05, 0.1) is 10.4 Å². The first-order valence-corrected chi connectivity index (χ1v) is 7.19. The number of hydrogen-bond acceptors (Lipinski definition) is 4. The number of piperidine rings is 1. The van der Waals surface area contributed by atoms with Gasteiger partial charge in [0, 0.05) is 32.8 Å². The lowest BCUT2D eigenvalue weighted by molar-refractivity contribution is 0.0103. The molecule has 0 bridgehead atoms. The molecule has 2 atom stereocenters. The number of ether oxygens (including phenoxy) is 1. The monoisotopic (exact) mass is 274 g/mol. The van der Waals surface area contributed by atoms with Crippen LogP contribution >= 0.6 is 22.9 Å². The first-order valence-electron chi connectivity index (χ1n) is 5.93. The normalized spacial score (nSPS) is 26.3. The lowest BCUT2D eigenvalue weighted by atomic mass is 9.99. The molecule has 0 aromatic carbocycles. The van der Waals surface area contributed by atoms with Crippen molar-refractivity contribution < 1.29 is 4.74 Å². The maximum Gasteiger partial charge on any atom is 0.0973 e. The van der Waals surface area contributed by atoms with Gasteiger partial charge in [-0.2, -0.15) is 0 Å². The summed E-state index contributed by atoms with van der Waals surface area (Å²) in [7, 11) is 1.78. The Kier molecular flexibility index (Phi) is 4.82. The Morgan fingerprint density at radius 3 is 3.06 bits per heavy atom. The summed E-state index contributed by atoms with van der Waals surface area (Å²) < 4.78 is 6.32. The molecular formula is C12H19ClN2OS. The highest BCUT2D eigenvalue weighted by Crippen LogP contribution is 2.27. The van der Waals surface area contributed by atoms with Crippen molar-refractivity contribution in [3.63, 3.8) is 0 Å². The van der Waals surface area contributed by atoms with E-state index in [1.54, 1.807) is 18.4 Å². The molecule has 2 heterocycles. The van der Waals surface area contributed by atoms with Crippen molar-refractivity contribution in [2.45, 2.75) is 31.5 Å². The average molecular weight is 275 g/mol. The number of methoxy groups -OCH3 is 1. The minimum atomic E-state index is 0.359. The summed E-state index contributed by atoms with van der Waals surface area (Å²) >= 11 is 7.73. The number of likely N-dealkylation sites (tertiary alicyclic amines) is 1. The fraction of sp³-hybridized carbons (Fsp3) is 0.667. The van der Waals surface area contributed by atoms with Crippen LogP contribution in [0.5, 0.6) is 0 Å². The third-order valence-corrected chi connectivity index (χ3v) is 4.71. The predicted molar refractivity (Wildman–Crippen MR) is 72.6 cm³/mol. The molecule has 17 heavy (non-hydrogen) atoms. The van der Waals surface area contributed by atoms with Crippen molar-refractivity contribution in [1.29, 1.82) is 0 Å². The van der Waals surface area contributed by atoms with Gasteiger partial charge in [0.2, 0.25) is 0 Å². The molecule has 0 amide bonds. The highest BCUT2D eigenvalue weighted by atomic mass is 35.5. The first-order chi connectivity index (χ1) is 8.24. The van der Waals surface area contributed by atoms with Gasteiger partial charge >= 0.3 is 0 Å². The van der Waals surface area contributed by atoms with Gasteiger partial charge in [0.1, 0.15) is 0 Å². The molecule has 0 saturated carbocycles. The van der Waals surface area contributed by atoms with E-state index in [0.29, 0.717) is 18.7 Å². The maximum atomic E-state index is 6.14. The van der Waals surface area contributed by atoms with Crippen molar-refractivity contribution in [3.8, 4) is 0 Å². The molecule has 1 fully saturated rings. The van der Waals surface area contributed by atoms with Gasteiger partial charge in [-0.25, -0.2) is 0 Å². The Labute approximate surface area is 112 Å². The average Bonchev–Trinajstić information content (AvgIpc) is 2.75. The smallest absolute Gasteiger partial charge is 0.0973 e. The van der Waals surface area contributed by atoms with E-state index >= 15 is 0 Å². The van der Waals surface area contributed by atoms with Crippen molar-refractivity contribution >= 4 is 22.9 Å². The molecule has 2 rings (SSSR count). The van der Waals surface area contributed by atoms with E-state index in [1.807, 2.05) is 5.38 Å². The summed E-state index contributed by atoms with van der Waals surface area (Å²) in [5, 5.41) is 2.04. The van der Waals surface area contributed by atoms with Gasteiger partial charge in [0.15, 0.2) is 0 Å². The van der Waals surface area contributed by atoms with Crippen LogP contribution < -0.4 is 5.73 Å². The van der Waals surface area contributed by atoms with Gasteiger partial charge in [-0.05, 0) is 29.9 Å². The number of rotatable bonds is 4. The minimum Gasteiger partial charge on any atom is -0.381 e. The maximum absolute atomic E-state index is 6.14. The molecule has 0 radical (unpaired) electrons. The summed E-state index contributed by atoms with van der Waals surface area (Å²) in [5.74, 6) is 0. The Balaban J connectivity index is 1.98. The van der Waals surface area contributed by atoms with Gasteiger partial charge in [-0.15, -0.1) is 11.3 Å². The Hall–Kier alpha value is -0.130. The lowest BCUT2D eigenvalue weighted by Crippen LogP contribution is -2.47.